The van der Waals surface area contributed by atoms with Crippen molar-refractivity contribution in [3.63, 3.8) is 0 Å². The third kappa shape index (κ3) is 15.5. The average Bonchev–Trinajstić information content (AvgIpc) is 2.17. The molecule has 0 amide bonds. The molecule has 15 heavy (non-hydrogen) atoms. The summed E-state index contributed by atoms with van der Waals surface area (Å²) in [4.78, 5) is 0. The second kappa shape index (κ2) is 17.8. The molecule has 0 saturated heterocycles. The number of hydrogen-bond acceptors (Lipinski definition) is 0. The Balaban J connectivity index is -0.000000720. The molecule has 0 bridgehead atoms. The summed E-state index contributed by atoms with van der Waals surface area (Å²) in [5, 5.41) is 0. The van der Waals surface area contributed by atoms with Crippen LogP contribution in [0.2, 0.25) is 0 Å². The topological polar surface area (TPSA) is 0 Å². The molecular formula is C12H27AuClP. The Morgan fingerprint density at radius 2 is 0.933 bits per heavy atom. The summed E-state index contributed by atoms with van der Waals surface area (Å²) in [6.07, 6.45) is 13.2. The zero-order valence-corrected chi connectivity index (χ0v) is 14.3. The third-order valence-electron chi connectivity index (χ3n) is 2.48. The standard InChI is InChI=1S/C12H27P.Au.ClH/c1-4-7-10-13(11-8-5-2)12-9-6-3;;/h4-12H2,1-3H3;;1H/q;+1;/p-1. The van der Waals surface area contributed by atoms with Gasteiger partial charge in [-0.2, -0.15) is 0 Å². The quantitative estimate of drug-likeness (QED) is 0.384. The first kappa shape index (κ1) is 21.7. The minimum atomic E-state index is 0. The van der Waals surface area contributed by atoms with Crippen LogP contribution in [0.4, 0.5) is 0 Å². The SMILES string of the molecule is CCCCP(CCCC)CCCC.[Au+].[Cl-]. The van der Waals surface area contributed by atoms with Crippen LogP contribution in [-0.4, -0.2) is 18.5 Å². The van der Waals surface area contributed by atoms with Crippen LogP contribution in [0.5, 0.6) is 0 Å². The van der Waals surface area contributed by atoms with E-state index in [4.69, 9.17) is 0 Å². The van der Waals surface area contributed by atoms with Gasteiger partial charge in [0.15, 0.2) is 0 Å². The first-order valence-electron chi connectivity index (χ1n) is 6.07. The van der Waals surface area contributed by atoms with E-state index >= 15 is 0 Å². The molecule has 0 heterocycles. The molecule has 0 fully saturated rings. The Morgan fingerprint density at radius 1 is 0.667 bits per heavy atom. The second-order valence-corrected chi connectivity index (χ2v) is 6.59. The van der Waals surface area contributed by atoms with Gasteiger partial charge < -0.3 is 12.4 Å². The van der Waals surface area contributed by atoms with Crippen molar-refractivity contribution in [1.29, 1.82) is 0 Å². The van der Waals surface area contributed by atoms with Crippen molar-refractivity contribution in [2.75, 3.05) is 18.5 Å². The Bertz CT molecular complexity index is 82.6. The summed E-state index contributed by atoms with van der Waals surface area (Å²) in [5.41, 5.74) is 0. The summed E-state index contributed by atoms with van der Waals surface area (Å²) in [6.45, 7) is 6.94. The number of halogens is 1. The van der Waals surface area contributed by atoms with Gasteiger partial charge in [0.2, 0.25) is 0 Å². The van der Waals surface area contributed by atoms with Crippen molar-refractivity contribution >= 4 is 7.92 Å². The van der Waals surface area contributed by atoms with Gasteiger partial charge in [0.25, 0.3) is 0 Å². The summed E-state index contributed by atoms with van der Waals surface area (Å²) in [5.74, 6) is 0. The van der Waals surface area contributed by atoms with Crippen molar-refractivity contribution < 1.29 is 34.8 Å². The molecule has 98 valence electrons. The maximum Gasteiger partial charge on any atom is 1.00 e. The summed E-state index contributed by atoms with van der Waals surface area (Å²) < 4.78 is 0. The van der Waals surface area contributed by atoms with E-state index in [9.17, 15) is 0 Å². The van der Waals surface area contributed by atoms with E-state index in [0.717, 1.165) is 0 Å². The fourth-order valence-electron chi connectivity index (χ4n) is 1.48. The van der Waals surface area contributed by atoms with Gasteiger partial charge in [-0.3, -0.25) is 0 Å². The molecule has 0 aliphatic carbocycles. The van der Waals surface area contributed by atoms with Crippen LogP contribution in [0.25, 0.3) is 0 Å². The molecule has 0 unspecified atom stereocenters. The fourth-order valence-corrected chi connectivity index (χ4v) is 4.44. The van der Waals surface area contributed by atoms with Crippen LogP contribution in [0, 0.1) is 0 Å². The summed E-state index contributed by atoms with van der Waals surface area (Å²) >= 11 is 0. The summed E-state index contributed by atoms with van der Waals surface area (Å²) in [6, 6.07) is 0. The normalized spacial score (nSPS) is 9.60. The summed E-state index contributed by atoms with van der Waals surface area (Å²) in [7, 11) is 0.422. The Labute approximate surface area is 120 Å². The third-order valence-corrected chi connectivity index (χ3v) is 5.33. The van der Waals surface area contributed by atoms with Crippen LogP contribution in [0.15, 0.2) is 0 Å². The van der Waals surface area contributed by atoms with Crippen molar-refractivity contribution in [1.82, 2.24) is 0 Å². The van der Waals surface area contributed by atoms with Crippen LogP contribution in [0.1, 0.15) is 59.3 Å². The molecule has 0 saturated carbocycles. The monoisotopic (exact) mass is 434 g/mol. The van der Waals surface area contributed by atoms with Crippen LogP contribution in [-0.2, 0) is 22.4 Å². The number of unbranched alkanes of at least 4 members (excludes halogenated alkanes) is 3. The van der Waals surface area contributed by atoms with Gasteiger partial charge >= 0.3 is 22.4 Å². The molecule has 0 nitrogen and oxygen atoms in total. The van der Waals surface area contributed by atoms with Crippen LogP contribution < -0.4 is 12.4 Å². The van der Waals surface area contributed by atoms with E-state index in [2.05, 4.69) is 20.8 Å². The Kier molecular flexibility index (Phi) is 25.8. The molecule has 0 spiro atoms. The molecular weight excluding hydrogens is 408 g/mol. The van der Waals surface area contributed by atoms with Gasteiger partial charge in [-0.1, -0.05) is 40.0 Å². The zero-order chi connectivity index (χ0) is 9.94. The van der Waals surface area contributed by atoms with Crippen molar-refractivity contribution in [2.45, 2.75) is 59.3 Å². The smallest absolute Gasteiger partial charge is 1.00 e. The predicted molar refractivity (Wildman–Crippen MR) is 66.2 cm³/mol. The maximum atomic E-state index is 2.31. The largest absolute Gasteiger partial charge is 1.00 e. The minimum absolute atomic E-state index is 0. The van der Waals surface area contributed by atoms with Gasteiger partial charge in [0.05, 0.1) is 0 Å². The van der Waals surface area contributed by atoms with Crippen molar-refractivity contribution in [3.05, 3.63) is 0 Å². The molecule has 0 aromatic carbocycles. The van der Waals surface area contributed by atoms with E-state index in [1.54, 1.807) is 18.5 Å². The number of rotatable bonds is 9. The molecule has 0 aromatic rings. The van der Waals surface area contributed by atoms with E-state index < -0.39 is 0 Å². The first-order valence-corrected chi connectivity index (χ1v) is 7.97. The Hall–Kier alpha value is 1.46. The van der Waals surface area contributed by atoms with Gasteiger partial charge in [0, 0.05) is 0 Å². The van der Waals surface area contributed by atoms with Crippen molar-refractivity contribution in [3.8, 4) is 0 Å². The first-order chi connectivity index (χ1) is 6.35. The predicted octanol–water partition coefficient (Wildman–Crippen LogP) is 1.87. The van der Waals surface area contributed by atoms with E-state index in [1.807, 2.05) is 0 Å². The van der Waals surface area contributed by atoms with Gasteiger partial charge in [-0.15, -0.1) is 7.92 Å². The van der Waals surface area contributed by atoms with E-state index in [-0.39, 0.29) is 34.8 Å². The van der Waals surface area contributed by atoms with Crippen molar-refractivity contribution in [2.24, 2.45) is 0 Å². The van der Waals surface area contributed by atoms with Gasteiger partial charge in [-0.25, -0.2) is 0 Å². The van der Waals surface area contributed by atoms with Crippen LogP contribution >= 0.6 is 7.92 Å². The van der Waals surface area contributed by atoms with E-state index in [0.29, 0.717) is 7.92 Å². The molecule has 0 aromatic heterocycles. The van der Waals surface area contributed by atoms with Crippen LogP contribution in [0.3, 0.4) is 0 Å². The second-order valence-electron chi connectivity index (χ2n) is 3.90. The molecule has 0 rings (SSSR count). The van der Waals surface area contributed by atoms with E-state index in [1.165, 1.54) is 38.5 Å². The molecule has 0 aliphatic heterocycles. The molecule has 0 N–H and O–H groups in total. The van der Waals surface area contributed by atoms with Gasteiger partial charge in [0.1, 0.15) is 0 Å². The fraction of sp³-hybridized carbons (Fsp3) is 1.00. The average molecular weight is 435 g/mol. The zero-order valence-electron chi connectivity index (χ0n) is 10.5. The molecule has 0 atom stereocenters. The maximum absolute atomic E-state index is 2.31. The molecule has 0 radical (unpaired) electrons. The molecule has 3 heteroatoms. The number of hydrogen-bond donors (Lipinski definition) is 0. The molecule has 0 aliphatic rings. The van der Waals surface area contributed by atoms with Gasteiger partial charge in [-0.05, 0) is 37.7 Å². The Morgan fingerprint density at radius 3 is 1.13 bits per heavy atom. The minimum Gasteiger partial charge on any atom is -1.00 e.